The van der Waals surface area contributed by atoms with E-state index in [0.717, 1.165) is 24.3 Å². The number of aromatic nitrogens is 2. The van der Waals surface area contributed by atoms with Crippen molar-refractivity contribution in [1.82, 2.24) is 15.5 Å². The highest BCUT2D eigenvalue weighted by Crippen LogP contribution is 2.29. The molecule has 0 bridgehead atoms. The maximum Gasteiger partial charge on any atom is 0.253 e. The van der Waals surface area contributed by atoms with Gasteiger partial charge in [-0.3, -0.25) is 0 Å². The monoisotopic (exact) mass is 291 g/mol. The van der Waals surface area contributed by atoms with Crippen LogP contribution in [0.2, 0.25) is 0 Å². The maximum absolute atomic E-state index is 5.73. The lowest BCUT2D eigenvalue weighted by Gasteiger charge is -2.12. The molecule has 6 nitrogen and oxygen atoms in total. The molecule has 1 heterocycles. The molecule has 0 spiro atoms. The van der Waals surface area contributed by atoms with Gasteiger partial charge in [0.2, 0.25) is 5.89 Å². The van der Waals surface area contributed by atoms with Gasteiger partial charge in [-0.1, -0.05) is 13.0 Å². The minimum Gasteiger partial charge on any atom is -0.490 e. The molecule has 0 aliphatic rings. The third-order valence-corrected chi connectivity index (χ3v) is 2.85. The van der Waals surface area contributed by atoms with Crippen LogP contribution >= 0.6 is 0 Å². The van der Waals surface area contributed by atoms with Crippen LogP contribution in [0.5, 0.6) is 11.5 Å². The lowest BCUT2D eigenvalue weighted by Crippen LogP contribution is -2.06. The summed E-state index contributed by atoms with van der Waals surface area (Å²) in [5.41, 5.74) is 1.14. The molecule has 0 aliphatic heterocycles. The van der Waals surface area contributed by atoms with Crippen LogP contribution in [0.25, 0.3) is 0 Å². The number of aryl methyl sites for hydroxylation is 1. The molecule has 0 radical (unpaired) electrons. The van der Waals surface area contributed by atoms with Crippen LogP contribution in [-0.2, 0) is 19.6 Å². The van der Waals surface area contributed by atoms with Crippen molar-refractivity contribution in [2.24, 2.45) is 0 Å². The van der Waals surface area contributed by atoms with Crippen LogP contribution in [0.1, 0.15) is 31.2 Å². The first-order valence-electron chi connectivity index (χ1n) is 7.11. The normalized spacial score (nSPS) is 10.6. The van der Waals surface area contributed by atoms with Crippen LogP contribution < -0.4 is 14.8 Å². The summed E-state index contributed by atoms with van der Waals surface area (Å²) in [6.45, 7) is 5.51. The molecule has 0 atom stereocenters. The van der Waals surface area contributed by atoms with E-state index in [1.165, 1.54) is 0 Å². The van der Waals surface area contributed by atoms with Crippen LogP contribution in [0.3, 0.4) is 0 Å². The zero-order valence-electron chi connectivity index (χ0n) is 12.7. The molecule has 0 amide bonds. The molecule has 2 rings (SSSR count). The fourth-order valence-corrected chi connectivity index (χ4v) is 1.88. The van der Waals surface area contributed by atoms with Crippen molar-refractivity contribution >= 4 is 0 Å². The molecule has 114 valence electrons. The third kappa shape index (κ3) is 4.19. The fraction of sp³-hybridized carbons (Fsp3) is 0.467. The highest BCUT2D eigenvalue weighted by molar-refractivity contribution is 5.43. The SMILES string of the molecule is CCOc1cc(CNC)ccc1OCc1nnc(CC)o1. The van der Waals surface area contributed by atoms with Crippen molar-refractivity contribution in [1.29, 1.82) is 0 Å². The van der Waals surface area contributed by atoms with E-state index in [0.29, 0.717) is 24.1 Å². The number of benzene rings is 1. The summed E-state index contributed by atoms with van der Waals surface area (Å²) in [6, 6.07) is 5.87. The van der Waals surface area contributed by atoms with Gasteiger partial charge >= 0.3 is 0 Å². The van der Waals surface area contributed by atoms with Gasteiger partial charge in [0.25, 0.3) is 5.89 Å². The Morgan fingerprint density at radius 2 is 1.90 bits per heavy atom. The zero-order chi connectivity index (χ0) is 15.1. The molecule has 6 heteroatoms. The summed E-state index contributed by atoms with van der Waals surface area (Å²) < 4.78 is 16.8. The minimum absolute atomic E-state index is 0.235. The fourth-order valence-electron chi connectivity index (χ4n) is 1.88. The smallest absolute Gasteiger partial charge is 0.253 e. The number of rotatable bonds is 8. The number of hydrogen-bond acceptors (Lipinski definition) is 6. The first-order chi connectivity index (χ1) is 10.3. The van der Waals surface area contributed by atoms with Gasteiger partial charge in [-0.25, -0.2) is 0 Å². The molecule has 0 aliphatic carbocycles. The Morgan fingerprint density at radius 1 is 1.10 bits per heavy atom. The van der Waals surface area contributed by atoms with Crippen LogP contribution in [-0.4, -0.2) is 23.9 Å². The van der Waals surface area contributed by atoms with E-state index >= 15 is 0 Å². The Hall–Kier alpha value is -2.08. The second-order valence-electron chi connectivity index (χ2n) is 4.48. The Balaban J connectivity index is 2.07. The van der Waals surface area contributed by atoms with Gasteiger partial charge in [-0.2, -0.15) is 0 Å². The summed E-state index contributed by atoms with van der Waals surface area (Å²) in [4.78, 5) is 0. The number of nitrogens with zero attached hydrogens (tertiary/aromatic N) is 2. The Morgan fingerprint density at radius 3 is 2.57 bits per heavy atom. The van der Waals surface area contributed by atoms with Gasteiger partial charge in [0.15, 0.2) is 18.1 Å². The molecule has 0 fully saturated rings. The average molecular weight is 291 g/mol. The molecular formula is C15H21N3O3. The number of hydrogen-bond donors (Lipinski definition) is 1. The van der Waals surface area contributed by atoms with Gasteiger partial charge in [0.05, 0.1) is 6.61 Å². The minimum atomic E-state index is 0.235. The highest BCUT2D eigenvalue weighted by atomic mass is 16.5. The summed E-state index contributed by atoms with van der Waals surface area (Å²) in [5.74, 6) is 2.48. The highest BCUT2D eigenvalue weighted by Gasteiger charge is 2.09. The molecule has 0 unspecified atom stereocenters. The van der Waals surface area contributed by atoms with Crippen LogP contribution in [0, 0.1) is 0 Å². The first kappa shape index (κ1) is 15.3. The molecule has 1 aromatic carbocycles. The number of ether oxygens (including phenoxy) is 2. The topological polar surface area (TPSA) is 69.4 Å². The summed E-state index contributed by atoms with van der Waals surface area (Å²) in [7, 11) is 1.91. The lowest BCUT2D eigenvalue weighted by atomic mass is 10.2. The van der Waals surface area contributed by atoms with Crippen molar-refractivity contribution < 1.29 is 13.9 Å². The third-order valence-electron chi connectivity index (χ3n) is 2.85. The van der Waals surface area contributed by atoms with Crippen molar-refractivity contribution in [3.05, 3.63) is 35.5 Å². The molecule has 21 heavy (non-hydrogen) atoms. The van der Waals surface area contributed by atoms with Gasteiger partial charge in [-0.15, -0.1) is 10.2 Å². The predicted molar refractivity (Wildman–Crippen MR) is 78.4 cm³/mol. The van der Waals surface area contributed by atoms with Gasteiger partial charge in [-0.05, 0) is 31.7 Å². The first-order valence-corrected chi connectivity index (χ1v) is 7.11. The van der Waals surface area contributed by atoms with Crippen molar-refractivity contribution in [3.8, 4) is 11.5 Å². The van der Waals surface area contributed by atoms with E-state index in [-0.39, 0.29) is 6.61 Å². The van der Waals surface area contributed by atoms with Gasteiger partial charge in [0, 0.05) is 13.0 Å². The van der Waals surface area contributed by atoms with Crippen molar-refractivity contribution in [2.45, 2.75) is 33.4 Å². The van der Waals surface area contributed by atoms with Crippen LogP contribution in [0.15, 0.2) is 22.6 Å². The van der Waals surface area contributed by atoms with E-state index in [1.54, 1.807) is 0 Å². The van der Waals surface area contributed by atoms with E-state index in [4.69, 9.17) is 13.9 Å². The molecule has 1 N–H and O–H groups in total. The molecule has 2 aromatic rings. The lowest BCUT2D eigenvalue weighted by molar-refractivity contribution is 0.239. The molecule has 0 saturated carbocycles. The van der Waals surface area contributed by atoms with E-state index < -0.39 is 0 Å². The summed E-state index contributed by atoms with van der Waals surface area (Å²) >= 11 is 0. The standard InChI is InChI=1S/C15H21N3O3/c1-4-14-17-18-15(21-14)10-20-12-7-6-11(9-16-3)8-13(12)19-5-2/h6-8,16H,4-5,9-10H2,1-3H3. The molecular weight excluding hydrogens is 270 g/mol. The second kappa shape index (κ2) is 7.64. The van der Waals surface area contributed by atoms with E-state index in [9.17, 15) is 0 Å². The van der Waals surface area contributed by atoms with Crippen LogP contribution in [0.4, 0.5) is 0 Å². The zero-order valence-corrected chi connectivity index (χ0v) is 12.7. The Bertz CT molecular complexity index is 569. The summed E-state index contributed by atoms with van der Waals surface area (Å²) in [6.07, 6.45) is 0.718. The Kier molecular flexibility index (Phi) is 5.57. The molecule has 0 saturated heterocycles. The molecule has 1 aromatic heterocycles. The summed E-state index contributed by atoms with van der Waals surface area (Å²) in [5, 5.41) is 11.0. The largest absolute Gasteiger partial charge is 0.490 e. The Labute approximate surface area is 124 Å². The van der Waals surface area contributed by atoms with Crippen molar-refractivity contribution in [3.63, 3.8) is 0 Å². The second-order valence-corrected chi connectivity index (χ2v) is 4.48. The maximum atomic E-state index is 5.73. The quantitative estimate of drug-likeness (QED) is 0.805. The van der Waals surface area contributed by atoms with Gasteiger partial charge < -0.3 is 19.2 Å². The van der Waals surface area contributed by atoms with E-state index in [2.05, 4.69) is 15.5 Å². The van der Waals surface area contributed by atoms with Crippen molar-refractivity contribution in [2.75, 3.05) is 13.7 Å². The average Bonchev–Trinajstić information content (AvgIpc) is 2.95. The number of nitrogens with one attached hydrogen (secondary N) is 1. The van der Waals surface area contributed by atoms with Gasteiger partial charge in [0.1, 0.15) is 0 Å². The van der Waals surface area contributed by atoms with E-state index in [1.807, 2.05) is 39.1 Å². The predicted octanol–water partition coefficient (Wildman–Crippen LogP) is 2.33.